The fraction of sp³-hybridized carbons (Fsp3) is 0.500. The van der Waals surface area contributed by atoms with Crippen LogP contribution in [0, 0.1) is 16.7 Å². The Hall–Kier alpha value is -1.86. The van der Waals surface area contributed by atoms with E-state index in [0.717, 1.165) is 31.5 Å². The van der Waals surface area contributed by atoms with E-state index >= 15 is 0 Å². The second-order valence-electron chi connectivity index (χ2n) is 5.71. The molecule has 20 heavy (non-hydrogen) atoms. The number of rotatable bonds is 4. The molecule has 0 unspecified atom stereocenters. The first-order chi connectivity index (χ1) is 9.61. The van der Waals surface area contributed by atoms with Gasteiger partial charge >= 0.3 is 0 Å². The number of nitriles is 1. The zero-order valence-corrected chi connectivity index (χ0v) is 11.9. The molecule has 1 heterocycles. The van der Waals surface area contributed by atoms with E-state index in [2.05, 4.69) is 16.3 Å². The Bertz CT molecular complexity index is 484. The maximum atomic E-state index is 11.9. The first kappa shape index (κ1) is 14.5. The number of likely N-dealkylation sites (tertiary alicyclic amines) is 1. The summed E-state index contributed by atoms with van der Waals surface area (Å²) in [6.07, 6.45) is 1.69. The van der Waals surface area contributed by atoms with Gasteiger partial charge in [0.15, 0.2) is 0 Å². The van der Waals surface area contributed by atoms with Crippen molar-refractivity contribution >= 4 is 5.91 Å². The Labute approximate surface area is 120 Å². The van der Waals surface area contributed by atoms with Gasteiger partial charge in [-0.25, -0.2) is 0 Å². The topological polar surface area (TPSA) is 56.1 Å². The van der Waals surface area contributed by atoms with Crippen LogP contribution < -0.4 is 5.32 Å². The Morgan fingerprint density at radius 3 is 2.60 bits per heavy atom. The molecule has 0 aromatic heterocycles. The molecule has 106 valence electrons. The molecule has 1 amide bonds. The van der Waals surface area contributed by atoms with Crippen LogP contribution in [0.5, 0.6) is 0 Å². The van der Waals surface area contributed by atoms with Crippen molar-refractivity contribution in [1.29, 1.82) is 5.26 Å². The Morgan fingerprint density at radius 2 is 2.00 bits per heavy atom. The molecule has 0 bridgehead atoms. The molecular formula is C16H21N3O. The summed E-state index contributed by atoms with van der Waals surface area (Å²) in [4.78, 5) is 14.0. The largest absolute Gasteiger partial charge is 0.351 e. The lowest BCUT2D eigenvalue weighted by Crippen LogP contribution is -2.43. The average molecular weight is 271 g/mol. The van der Waals surface area contributed by atoms with E-state index in [1.54, 1.807) is 0 Å². The third-order valence-electron chi connectivity index (χ3n) is 3.93. The molecule has 4 nitrogen and oxygen atoms in total. The van der Waals surface area contributed by atoms with E-state index in [1.807, 2.05) is 37.3 Å². The molecule has 0 atom stereocenters. The highest BCUT2D eigenvalue weighted by Gasteiger charge is 2.30. The predicted molar refractivity (Wildman–Crippen MR) is 77.7 cm³/mol. The number of nitrogens with one attached hydrogen (secondary N) is 1. The van der Waals surface area contributed by atoms with E-state index in [-0.39, 0.29) is 11.3 Å². The number of benzene rings is 1. The van der Waals surface area contributed by atoms with Gasteiger partial charge in [0.25, 0.3) is 0 Å². The van der Waals surface area contributed by atoms with Crippen LogP contribution in [0.4, 0.5) is 0 Å². The maximum absolute atomic E-state index is 11.9. The second kappa shape index (κ2) is 6.53. The van der Waals surface area contributed by atoms with Crippen molar-refractivity contribution < 1.29 is 4.79 Å². The van der Waals surface area contributed by atoms with Crippen molar-refractivity contribution in [2.75, 3.05) is 19.6 Å². The summed E-state index contributed by atoms with van der Waals surface area (Å²) in [7, 11) is 0. The van der Waals surface area contributed by atoms with Gasteiger partial charge in [-0.05, 0) is 25.3 Å². The minimum atomic E-state index is -0.211. The number of nitrogens with zero attached hydrogens (tertiary/aromatic N) is 2. The standard InChI is InChI=1S/C16H21N3O/c1-16(13-17)7-9-19(10-8-16)12-15(20)18-11-14-5-3-2-4-6-14/h2-6H,7-12H2,1H3,(H,18,20). The summed E-state index contributed by atoms with van der Waals surface area (Å²) in [5, 5.41) is 12.0. The zero-order chi connectivity index (χ0) is 14.4. The third-order valence-corrected chi connectivity index (χ3v) is 3.93. The fourth-order valence-corrected chi connectivity index (χ4v) is 2.37. The van der Waals surface area contributed by atoms with Crippen molar-refractivity contribution in [2.24, 2.45) is 5.41 Å². The van der Waals surface area contributed by atoms with Gasteiger partial charge in [0.1, 0.15) is 0 Å². The quantitative estimate of drug-likeness (QED) is 0.910. The molecule has 1 aromatic rings. The minimum Gasteiger partial charge on any atom is -0.351 e. The van der Waals surface area contributed by atoms with Crippen LogP contribution >= 0.6 is 0 Å². The molecule has 1 fully saturated rings. The van der Waals surface area contributed by atoms with Crippen molar-refractivity contribution in [3.8, 4) is 6.07 Å². The Kier molecular flexibility index (Phi) is 4.75. The van der Waals surface area contributed by atoms with E-state index in [1.165, 1.54) is 0 Å². The first-order valence-corrected chi connectivity index (χ1v) is 7.05. The molecule has 4 heteroatoms. The molecule has 0 aliphatic carbocycles. The van der Waals surface area contributed by atoms with Gasteiger partial charge < -0.3 is 5.32 Å². The molecule has 0 radical (unpaired) electrons. The first-order valence-electron chi connectivity index (χ1n) is 7.05. The Balaban J connectivity index is 1.72. The lowest BCUT2D eigenvalue weighted by Gasteiger charge is -2.34. The monoisotopic (exact) mass is 271 g/mol. The lowest BCUT2D eigenvalue weighted by molar-refractivity contribution is -0.122. The van der Waals surface area contributed by atoms with Crippen LogP contribution in [0.2, 0.25) is 0 Å². The highest BCUT2D eigenvalue weighted by atomic mass is 16.2. The predicted octanol–water partition coefficient (Wildman–Crippen LogP) is 1.93. The van der Waals surface area contributed by atoms with Gasteiger partial charge in [0.05, 0.1) is 18.0 Å². The molecule has 1 aliphatic heterocycles. The number of amides is 1. The number of carbonyl (C=O) groups is 1. The molecule has 0 spiro atoms. The SMILES string of the molecule is CC1(C#N)CCN(CC(=O)NCc2ccccc2)CC1. The van der Waals surface area contributed by atoms with E-state index in [0.29, 0.717) is 13.1 Å². The molecule has 0 saturated carbocycles. The highest BCUT2D eigenvalue weighted by Crippen LogP contribution is 2.29. The van der Waals surface area contributed by atoms with E-state index < -0.39 is 0 Å². The molecule has 1 N–H and O–H groups in total. The normalized spacial score (nSPS) is 18.2. The summed E-state index contributed by atoms with van der Waals surface area (Å²) < 4.78 is 0. The van der Waals surface area contributed by atoms with Gasteiger partial charge in [-0.15, -0.1) is 0 Å². The van der Waals surface area contributed by atoms with Crippen molar-refractivity contribution in [1.82, 2.24) is 10.2 Å². The van der Waals surface area contributed by atoms with Crippen molar-refractivity contribution in [3.05, 3.63) is 35.9 Å². The summed E-state index contributed by atoms with van der Waals surface area (Å²) in [5.41, 5.74) is 0.897. The molecule has 2 rings (SSSR count). The van der Waals surface area contributed by atoms with Gasteiger partial charge in [-0.3, -0.25) is 9.69 Å². The molecule has 1 aromatic carbocycles. The van der Waals surface area contributed by atoms with Gasteiger partial charge in [0, 0.05) is 19.6 Å². The van der Waals surface area contributed by atoms with Crippen LogP contribution in [-0.4, -0.2) is 30.4 Å². The number of hydrogen-bond acceptors (Lipinski definition) is 3. The Morgan fingerprint density at radius 1 is 1.35 bits per heavy atom. The molecule has 1 saturated heterocycles. The summed E-state index contributed by atoms with van der Waals surface area (Å²) in [6, 6.07) is 12.3. The number of piperidine rings is 1. The maximum Gasteiger partial charge on any atom is 0.234 e. The summed E-state index contributed by atoms with van der Waals surface area (Å²) >= 11 is 0. The highest BCUT2D eigenvalue weighted by molar-refractivity contribution is 5.78. The number of hydrogen-bond donors (Lipinski definition) is 1. The third kappa shape index (κ3) is 4.07. The van der Waals surface area contributed by atoms with Gasteiger partial charge in [-0.1, -0.05) is 30.3 Å². The van der Waals surface area contributed by atoms with E-state index in [9.17, 15) is 4.79 Å². The average Bonchev–Trinajstić information content (AvgIpc) is 2.49. The summed E-state index contributed by atoms with van der Waals surface area (Å²) in [5.74, 6) is 0.0504. The minimum absolute atomic E-state index is 0.0504. The fourth-order valence-electron chi connectivity index (χ4n) is 2.37. The van der Waals surface area contributed by atoms with Crippen LogP contribution in [0.3, 0.4) is 0 Å². The summed E-state index contributed by atoms with van der Waals surface area (Å²) in [6.45, 7) is 4.64. The number of carbonyl (C=O) groups excluding carboxylic acids is 1. The lowest BCUT2D eigenvalue weighted by atomic mass is 9.82. The van der Waals surface area contributed by atoms with Crippen LogP contribution in [0.1, 0.15) is 25.3 Å². The molecular weight excluding hydrogens is 250 g/mol. The van der Waals surface area contributed by atoms with E-state index in [4.69, 9.17) is 5.26 Å². The van der Waals surface area contributed by atoms with Crippen LogP contribution in [0.15, 0.2) is 30.3 Å². The van der Waals surface area contributed by atoms with Crippen LogP contribution in [-0.2, 0) is 11.3 Å². The van der Waals surface area contributed by atoms with Gasteiger partial charge in [0.2, 0.25) is 5.91 Å². The zero-order valence-electron chi connectivity index (χ0n) is 11.9. The van der Waals surface area contributed by atoms with Crippen molar-refractivity contribution in [2.45, 2.75) is 26.3 Å². The van der Waals surface area contributed by atoms with Gasteiger partial charge in [-0.2, -0.15) is 5.26 Å². The second-order valence-corrected chi connectivity index (χ2v) is 5.71. The smallest absolute Gasteiger partial charge is 0.234 e. The molecule has 1 aliphatic rings. The van der Waals surface area contributed by atoms with Crippen molar-refractivity contribution in [3.63, 3.8) is 0 Å². The van der Waals surface area contributed by atoms with Crippen LogP contribution in [0.25, 0.3) is 0 Å².